The molecule has 2 aromatic rings. The van der Waals surface area contributed by atoms with Crippen molar-refractivity contribution in [3.63, 3.8) is 0 Å². The summed E-state index contributed by atoms with van der Waals surface area (Å²) in [5.74, 6) is 0.635. The first-order valence-corrected chi connectivity index (χ1v) is 9.23. The number of nitrogens with one attached hydrogen (secondary N) is 2. The predicted molar refractivity (Wildman–Crippen MR) is 108 cm³/mol. The Morgan fingerprint density at radius 1 is 1.28 bits per heavy atom. The Morgan fingerprint density at radius 3 is 2.66 bits per heavy atom. The molecular weight excluding hydrogens is 376 g/mol. The third kappa shape index (κ3) is 4.81. The predicted octanol–water partition coefficient (Wildman–Crippen LogP) is 3.23. The number of urea groups is 1. The molecule has 0 aliphatic carbocycles. The summed E-state index contributed by atoms with van der Waals surface area (Å²) in [6.07, 6.45) is 0.175. The summed E-state index contributed by atoms with van der Waals surface area (Å²) in [5.41, 5.74) is 1.68. The number of aryl methyl sites for hydroxylation is 1. The minimum Gasteiger partial charge on any atom is -0.494 e. The first kappa shape index (κ1) is 20.1. The maximum Gasteiger partial charge on any atom is 0.319 e. The van der Waals surface area contributed by atoms with Crippen LogP contribution >= 0.6 is 0 Å². The zero-order valence-electron chi connectivity index (χ0n) is 16.2. The average Bonchev–Trinajstić information content (AvgIpc) is 3.04. The molecule has 3 amide bonds. The summed E-state index contributed by atoms with van der Waals surface area (Å²) in [7, 11) is 0. The van der Waals surface area contributed by atoms with E-state index in [4.69, 9.17) is 4.74 Å². The molecule has 1 saturated heterocycles. The summed E-state index contributed by atoms with van der Waals surface area (Å²) in [4.78, 5) is 36.7. The fourth-order valence-corrected chi connectivity index (χ4v) is 3.14. The van der Waals surface area contributed by atoms with Crippen LogP contribution in [-0.4, -0.2) is 36.1 Å². The number of hydrogen-bond donors (Lipinski definition) is 2. The van der Waals surface area contributed by atoms with Crippen molar-refractivity contribution < 1.29 is 19.2 Å². The monoisotopic (exact) mass is 398 g/mol. The van der Waals surface area contributed by atoms with Gasteiger partial charge in [0.15, 0.2) is 0 Å². The van der Waals surface area contributed by atoms with Crippen LogP contribution in [0.2, 0.25) is 0 Å². The Hall–Kier alpha value is -3.62. The van der Waals surface area contributed by atoms with Crippen LogP contribution in [0.4, 0.5) is 21.9 Å². The second-order valence-corrected chi connectivity index (χ2v) is 6.69. The van der Waals surface area contributed by atoms with E-state index < -0.39 is 11.0 Å². The summed E-state index contributed by atoms with van der Waals surface area (Å²) in [5, 5.41) is 16.3. The van der Waals surface area contributed by atoms with Crippen molar-refractivity contribution in [3.8, 4) is 5.75 Å². The van der Waals surface area contributed by atoms with Crippen LogP contribution in [0.25, 0.3) is 0 Å². The number of benzene rings is 2. The van der Waals surface area contributed by atoms with Gasteiger partial charge in [-0.25, -0.2) is 4.79 Å². The Kier molecular flexibility index (Phi) is 5.96. The van der Waals surface area contributed by atoms with Crippen LogP contribution in [0.3, 0.4) is 0 Å². The number of carbonyl (C=O) groups excluding carboxylic acids is 2. The van der Waals surface area contributed by atoms with Gasteiger partial charge in [0, 0.05) is 30.8 Å². The molecule has 0 bridgehead atoms. The number of rotatable bonds is 6. The van der Waals surface area contributed by atoms with Gasteiger partial charge in [0.1, 0.15) is 5.75 Å². The second-order valence-electron chi connectivity index (χ2n) is 6.69. The van der Waals surface area contributed by atoms with Gasteiger partial charge >= 0.3 is 6.03 Å². The first-order valence-electron chi connectivity index (χ1n) is 9.23. The number of nitro benzene ring substituents is 1. The summed E-state index contributed by atoms with van der Waals surface area (Å²) >= 11 is 0. The van der Waals surface area contributed by atoms with Gasteiger partial charge in [0.25, 0.3) is 5.69 Å². The number of ether oxygens (including phenoxy) is 1. The van der Waals surface area contributed by atoms with Crippen molar-refractivity contribution in [1.82, 2.24) is 5.32 Å². The van der Waals surface area contributed by atoms with Crippen LogP contribution in [-0.2, 0) is 4.79 Å². The van der Waals surface area contributed by atoms with Crippen molar-refractivity contribution in [1.29, 1.82) is 0 Å². The standard InChI is InChI=1S/C20H22N4O5/c1-3-29-17-8-6-15(7-9-17)23-12-14(10-19(23)25)21-20(26)22-18-11-16(24(27)28)5-4-13(18)2/h4-9,11,14H,3,10,12H2,1-2H3,(H2,21,22,26). The Balaban J connectivity index is 1.61. The normalized spacial score (nSPS) is 15.9. The molecule has 0 saturated carbocycles. The smallest absolute Gasteiger partial charge is 0.319 e. The third-order valence-electron chi connectivity index (χ3n) is 4.60. The maximum absolute atomic E-state index is 12.4. The van der Waals surface area contributed by atoms with Gasteiger partial charge in [-0.3, -0.25) is 14.9 Å². The lowest BCUT2D eigenvalue weighted by Gasteiger charge is -2.18. The maximum atomic E-state index is 12.4. The topological polar surface area (TPSA) is 114 Å². The highest BCUT2D eigenvalue weighted by molar-refractivity contribution is 5.97. The molecule has 3 rings (SSSR count). The lowest BCUT2D eigenvalue weighted by molar-refractivity contribution is -0.384. The lowest BCUT2D eigenvalue weighted by Crippen LogP contribution is -2.39. The minimum absolute atomic E-state index is 0.0917. The molecule has 1 atom stereocenters. The largest absolute Gasteiger partial charge is 0.494 e. The number of hydrogen-bond acceptors (Lipinski definition) is 5. The van der Waals surface area contributed by atoms with Crippen LogP contribution in [0.1, 0.15) is 18.9 Å². The van der Waals surface area contributed by atoms with Crippen molar-refractivity contribution in [2.45, 2.75) is 26.3 Å². The van der Waals surface area contributed by atoms with Gasteiger partial charge in [-0.2, -0.15) is 0 Å². The number of amides is 3. The molecule has 1 heterocycles. The number of nitro groups is 1. The van der Waals surface area contributed by atoms with Gasteiger partial charge in [-0.15, -0.1) is 0 Å². The molecule has 1 aliphatic heterocycles. The molecule has 9 nitrogen and oxygen atoms in total. The SMILES string of the molecule is CCOc1ccc(N2CC(NC(=O)Nc3cc([N+](=O)[O-])ccc3C)CC2=O)cc1. The highest BCUT2D eigenvalue weighted by Crippen LogP contribution is 2.25. The van der Waals surface area contributed by atoms with E-state index in [2.05, 4.69) is 10.6 Å². The third-order valence-corrected chi connectivity index (χ3v) is 4.60. The van der Waals surface area contributed by atoms with Gasteiger partial charge in [-0.1, -0.05) is 6.07 Å². The zero-order chi connectivity index (χ0) is 21.0. The molecule has 0 radical (unpaired) electrons. The molecule has 152 valence electrons. The Labute approximate surface area is 167 Å². The molecule has 29 heavy (non-hydrogen) atoms. The molecule has 0 aromatic heterocycles. The number of nitrogens with zero attached hydrogens (tertiary/aromatic N) is 2. The highest BCUT2D eigenvalue weighted by atomic mass is 16.6. The highest BCUT2D eigenvalue weighted by Gasteiger charge is 2.31. The Bertz CT molecular complexity index is 929. The van der Waals surface area contributed by atoms with E-state index in [0.717, 1.165) is 11.4 Å². The lowest BCUT2D eigenvalue weighted by atomic mass is 10.2. The van der Waals surface area contributed by atoms with Crippen molar-refractivity contribution in [2.75, 3.05) is 23.4 Å². The van der Waals surface area contributed by atoms with E-state index in [1.54, 1.807) is 42.2 Å². The van der Waals surface area contributed by atoms with Gasteiger partial charge in [0.05, 0.1) is 23.3 Å². The zero-order valence-corrected chi connectivity index (χ0v) is 16.2. The van der Waals surface area contributed by atoms with Gasteiger partial charge < -0.3 is 20.3 Å². The summed E-state index contributed by atoms with van der Waals surface area (Å²) in [6, 6.07) is 10.6. The Morgan fingerprint density at radius 2 is 2.00 bits per heavy atom. The van der Waals surface area contributed by atoms with E-state index in [-0.39, 0.29) is 24.1 Å². The fraction of sp³-hybridized carbons (Fsp3) is 0.300. The fourth-order valence-electron chi connectivity index (χ4n) is 3.14. The summed E-state index contributed by atoms with van der Waals surface area (Å²) < 4.78 is 5.40. The van der Waals surface area contributed by atoms with Gasteiger partial charge in [-0.05, 0) is 43.7 Å². The van der Waals surface area contributed by atoms with Crippen molar-refractivity contribution in [2.24, 2.45) is 0 Å². The quantitative estimate of drug-likeness (QED) is 0.573. The molecular formula is C20H22N4O5. The molecule has 1 aliphatic rings. The van der Waals surface area contributed by atoms with Crippen molar-refractivity contribution in [3.05, 3.63) is 58.1 Å². The molecule has 9 heteroatoms. The number of anilines is 2. The van der Waals surface area contributed by atoms with Crippen LogP contribution < -0.4 is 20.3 Å². The van der Waals surface area contributed by atoms with Gasteiger partial charge in [0.2, 0.25) is 5.91 Å². The second kappa shape index (κ2) is 8.59. The molecule has 1 unspecified atom stereocenters. The van der Waals surface area contributed by atoms with E-state index in [1.165, 1.54) is 12.1 Å². The molecule has 1 fully saturated rings. The number of carbonyl (C=O) groups is 2. The number of non-ortho nitro benzene ring substituents is 1. The molecule has 0 spiro atoms. The van der Waals surface area contributed by atoms with E-state index in [1.807, 2.05) is 6.92 Å². The average molecular weight is 398 g/mol. The van der Waals surface area contributed by atoms with E-state index >= 15 is 0 Å². The molecule has 2 N–H and O–H groups in total. The van der Waals surface area contributed by atoms with Crippen LogP contribution in [0.5, 0.6) is 5.75 Å². The van der Waals surface area contributed by atoms with E-state index in [9.17, 15) is 19.7 Å². The first-order chi connectivity index (χ1) is 13.9. The van der Waals surface area contributed by atoms with E-state index in [0.29, 0.717) is 24.4 Å². The van der Waals surface area contributed by atoms with Crippen molar-refractivity contribution >= 4 is 29.0 Å². The molecule has 2 aromatic carbocycles. The van der Waals surface area contributed by atoms with Crippen LogP contribution in [0.15, 0.2) is 42.5 Å². The van der Waals surface area contributed by atoms with Crippen LogP contribution in [0, 0.1) is 17.0 Å². The summed E-state index contributed by atoms with van der Waals surface area (Å²) in [6.45, 7) is 4.54. The minimum atomic E-state index is -0.521.